The van der Waals surface area contributed by atoms with Crippen LogP contribution in [0.25, 0.3) is 6.08 Å². The van der Waals surface area contributed by atoms with Gasteiger partial charge in [0.05, 0.1) is 5.69 Å². The number of hydrogen-bond donors (Lipinski definition) is 0. The Morgan fingerprint density at radius 3 is 2.18 bits per heavy atom. The molecule has 0 amide bonds. The molecule has 1 heterocycles. The predicted octanol–water partition coefficient (Wildman–Crippen LogP) is 4.22. The molecule has 5 nitrogen and oxygen atoms in total. The molecule has 0 N–H and O–H groups in total. The lowest BCUT2D eigenvalue weighted by molar-refractivity contribution is -0.141. The van der Waals surface area contributed by atoms with Crippen LogP contribution in [-0.2, 0) is 16.6 Å². The van der Waals surface area contributed by atoms with Crippen LogP contribution in [0.5, 0.6) is 0 Å². The number of aryl methyl sites for hydroxylation is 2. The van der Waals surface area contributed by atoms with Gasteiger partial charge >= 0.3 is 5.97 Å². The highest BCUT2D eigenvalue weighted by Crippen LogP contribution is 2.23. The number of Topliss-reactive ketones (excluding diaryl/α,β-unsaturated/α-hetero) is 1. The summed E-state index contributed by atoms with van der Waals surface area (Å²) in [4.78, 5) is 25.4. The molecule has 0 aliphatic carbocycles. The quantitative estimate of drug-likeness (QED) is 0.368. The van der Waals surface area contributed by atoms with E-state index in [1.54, 1.807) is 47.2 Å². The second-order valence-corrected chi connectivity index (χ2v) is 6.50. The Hall–Kier alpha value is -3.47. The van der Waals surface area contributed by atoms with Crippen LogP contribution >= 0.6 is 0 Å². The summed E-state index contributed by atoms with van der Waals surface area (Å²) in [6.45, 7) is 3.81. The fourth-order valence-electron chi connectivity index (χ4n) is 2.99. The van der Waals surface area contributed by atoms with E-state index in [4.69, 9.17) is 4.74 Å². The minimum Gasteiger partial charge on any atom is -0.446 e. The molecule has 0 saturated heterocycles. The first-order valence-electron chi connectivity index (χ1n) is 9.00. The van der Waals surface area contributed by atoms with Gasteiger partial charge in [0, 0.05) is 35.5 Å². The summed E-state index contributed by atoms with van der Waals surface area (Å²) in [5.41, 5.74) is 3.76. The van der Waals surface area contributed by atoms with Gasteiger partial charge in [-0.3, -0.25) is 9.48 Å². The van der Waals surface area contributed by atoms with Crippen LogP contribution in [0.4, 0.5) is 0 Å². The van der Waals surface area contributed by atoms with Crippen LogP contribution in [0.2, 0.25) is 0 Å². The van der Waals surface area contributed by atoms with E-state index in [1.807, 2.05) is 45.2 Å². The van der Waals surface area contributed by atoms with E-state index in [-0.39, 0.29) is 5.78 Å². The highest BCUT2D eigenvalue weighted by Gasteiger charge is 2.25. The number of rotatable bonds is 6. The van der Waals surface area contributed by atoms with E-state index in [0.717, 1.165) is 17.0 Å². The largest absolute Gasteiger partial charge is 0.446 e. The van der Waals surface area contributed by atoms with Gasteiger partial charge in [0.25, 0.3) is 0 Å². The van der Waals surface area contributed by atoms with E-state index in [9.17, 15) is 9.59 Å². The van der Waals surface area contributed by atoms with Crippen molar-refractivity contribution in [3.8, 4) is 0 Å². The lowest BCUT2D eigenvalue weighted by atomic mass is 10.00. The van der Waals surface area contributed by atoms with Crippen LogP contribution in [-0.4, -0.2) is 21.5 Å². The Morgan fingerprint density at radius 1 is 1.00 bits per heavy atom. The molecule has 28 heavy (non-hydrogen) atoms. The third-order valence-electron chi connectivity index (χ3n) is 4.58. The number of ketones is 1. The molecule has 0 saturated carbocycles. The number of benzene rings is 2. The fraction of sp³-hybridized carbons (Fsp3) is 0.174. The molecule has 0 aliphatic heterocycles. The lowest BCUT2D eigenvalue weighted by Crippen LogP contribution is -2.19. The number of ether oxygens (including phenoxy) is 1. The lowest BCUT2D eigenvalue weighted by Gasteiger charge is -2.16. The topological polar surface area (TPSA) is 61.2 Å². The van der Waals surface area contributed by atoms with Crippen molar-refractivity contribution in [1.29, 1.82) is 0 Å². The summed E-state index contributed by atoms with van der Waals surface area (Å²) in [5.74, 6) is -0.844. The van der Waals surface area contributed by atoms with E-state index < -0.39 is 12.1 Å². The zero-order valence-corrected chi connectivity index (χ0v) is 16.1. The minimum atomic E-state index is -1.00. The van der Waals surface area contributed by atoms with Crippen LogP contribution in [0.3, 0.4) is 0 Å². The van der Waals surface area contributed by atoms with Gasteiger partial charge in [-0.05, 0) is 19.9 Å². The SMILES string of the molecule is Cc1nn(C)c(C)c1/C=C/C(=O)O[C@H](C(=O)c1ccccc1)c1ccccc1. The molecule has 0 aliphatic rings. The summed E-state index contributed by atoms with van der Waals surface area (Å²) < 4.78 is 7.31. The first-order chi connectivity index (χ1) is 13.5. The zero-order chi connectivity index (χ0) is 20.1. The molecule has 1 aromatic heterocycles. The van der Waals surface area contributed by atoms with Crippen molar-refractivity contribution in [2.75, 3.05) is 0 Å². The number of carbonyl (C=O) groups is 2. The van der Waals surface area contributed by atoms with E-state index in [1.165, 1.54) is 6.08 Å². The highest BCUT2D eigenvalue weighted by atomic mass is 16.5. The predicted molar refractivity (Wildman–Crippen MR) is 108 cm³/mol. The van der Waals surface area contributed by atoms with Crippen molar-refractivity contribution >= 4 is 17.8 Å². The van der Waals surface area contributed by atoms with Gasteiger partial charge in [-0.25, -0.2) is 4.79 Å². The molecule has 0 fully saturated rings. The highest BCUT2D eigenvalue weighted by molar-refractivity contribution is 6.01. The van der Waals surface area contributed by atoms with Gasteiger partial charge in [0.1, 0.15) is 0 Å². The molecular weight excluding hydrogens is 352 g/mol. The number of aromatic nitrogens is 2. The average molecular weight is 374 g/mol. The van der Waals surface area contributed by atoms with Crippen LogP contribution in [0.15, 0.2) is 66.7 Å². The monoisotopic (exact) mass is 374 g/mol. The third kappa shape index (κ3) is 4.26. The summed E-state index contributed by atoms with van der Waals surface area (Å²) >= 11 is 0. The van der Waals surface area contributed by atoms with Gasteiger partial charge in [-0.2, -0.15) is 5.10 Å². The van der Waals surface area contributed by atoms with E-state index >= 15 is 0 Å². The van der Waals surface area contributed by atoms with Gasteiger partial charge in [-0.1, -0.05) is 60.7 Å². The fourth-order valence-corrected chi connectivity index (χ4v) is 2.99. The Bertz CT molecular complexity index is 1010. The molecule has 142 valence electrons. The molecule has 5 heteroatoms. The Kier molecular flexibility index (Phi) is 5.84. The minimum absolute atomic E-state index is 0.262. The summed E-state index contributed by atoms with van der Waals surface area (Å²) in [6.07, 6.45) is 2.01. The van der Waals surface area contributed by atoms with Crippen LogP contribution in [0.1, 0.15) is 39.0 Å². The second kappa shape index (κ2) is 8.48. The zero-order valence-electron chi connectivity index (χ0n) is 16.1. The van der Waals surface area contributed by atoms with Crippen molar-refractivity contribution in [3.05, 3.63) is 94.8 Å². The van der Waals surface area contributed by atoms with E-state index in [0.29, 0.717) is 11.1 Å². The molecular formula is C23H22N2O3. The molecule has 3 aromatic rings. The average Bonchev–Trinajstić information content (AvgIpc) is 2.96. The Labute approximate surface area is 164 Å². The number of carbonyl (C=O) groups excluding carboxylic acids is 2. The molecule has 3 rings (SSSR count). The van der Waals surface area contributed by atoms with Crippen LogP contribution in [0, 0.1) is 13.8 Å². The summed E-state index contributed by atoms with van der Waals surface area (Å²) in [5, 5.41) is 4.32. The van der Waals surface area contributed by atoms with Crippen molar-refractivity contribution in [3.63, 3.8) is 0 Å². The maximum atomic E-state index is 13.0. The molecule has 0 radical (unpaired) electrons. The molecule has 0 unspecified atom stereocenters. The number of nitrogens with zero attached hydrogens (tertiary/aromatic N) is 2. The maximum absolute atomic E-state index is 13.0. The van der Waals surface area contributed by atoms with Crippen molar-refractivity contribution in [1.82, 2.24) is 9.78 Å². The molecule has 0 spiro atoms. The smallest absolute Gasteiger partial charge is 0.331 e. The molecule has 2 aromatic carbocycles. The number of hydrogen-bond acceptors (Lipinski definition) is 4. The van der Waals surface area contributed by atoms with Crippen molar-refractivity contribution < 1.29 is 14.3 Å². The van der Waals surface area contributed by atoms with Gasteiger partial charge < -0.3 is 4.74 Å². The van der Waals surface area contributed by atoms with Crippen molar-refractivity contribution in [2.24, 2.45) is 7.05 Å². The first-order valence-corrected chi connectivity index (χ1v) is 9.00. The standard InChI is InChI=1S/C23H22N2O3/c1-16-20(17(2)25(3)24-16)14-15-21(26)28-23(19-12-8-5-9-13-19)22(27)18-10-6-4-7-11-18/h4-15,23H,1-3H3/b15-14+/t23-/m0/s1. The first kappa shape index (κ1) is 19.3. The number of esters is 1. The molecule has 1 atom stereocenters. The normalized spacial score (nSPS) is 12.1. The van der Waals surface area contributed by atoms with E-state index in [2.05, 4.69) is 5.10 Å². The molecule has 0 bridgehead atoms. The van der Waals surface area contributed by atoms with Gasteiger partial charge in [0.2, 0.25) is 5.78 Å². The Morgan fingerprint density at radius 2 is 1.61 bits per heavy atom. The third-order valence-corrected chi connectivity index (χ3v) is 4.58. The van der Waals surface area contributed by atoms with Crippen LogP contribution < -0.4 is 0 Å². The summed E-state index contributed by atoms with van der Waals surface area (Å²) in [6, 6.07) is 17.9. The maximum Gasteiger partial charge on any atom is 0.331 e. The van der Waals surface area contributed by atoms with Crippen molar-refractivity contribution in [2.45, 2.75) is 20.0 Å². The summed E-state index contributed by atoms with van der Waals surface area (Å²) in [7, 11) is 1.85. The second-order valence-electron chi connectivity index (χ2n) is 6.50. The Balaban J connectivity index is 1.84. The van der Waals surface area contributed by atoms with Gasteiger partial charge in [0.15, 0.2) is 6.10 Å². The van der Waals surface area contributed by atoms with Gasteiger partial charge in [-0.15, -0.1) is 0 Å².